The molecule has 6 nitrogen and oxygen atoms in total. The van der Waals surface area contributed by atoms with Crippen LogP contribution in [0, 0.1) is 0 Å². The topological polar surface area (TPSA) is 110 Å². The SMILES string of the molecule is Nc1ccccc1NC(=O)c1ccccc1C(=O)Nc1ccccc1N. The predicted octanol–water partition coefficient (Wildman–Crippen LogP) is 3.36. The molecule has 3 aromatic rings. The van der Waals surface area contributed by atoms with Gasteiger partial charge in [-0.15, -0.1) is 0 Å². The van der Waals surface area contributed by atoms with Crippen molar-refractivity contribution < 1.29 is 9.59 Å². The Bertz CT molecular complexity index is 891. The molecule has 0 bridgehead atoms. The molecule has 130 valence electrons. The average molecular weight is 346 g/mol. The summed E-state index contributed by atoms with van der Waals surface area (Å²) < 4.78 is 0. The number of para-hydroxylation sites is 4. The average Bonchev–Trinajstić information content (AvgIpc) is 2.65. The van der Waals surface area contributed by atoms with Gasteiger partial charge in [-0.2, -0.15) is 0 Å². The summed E-state index contributed by atoms with van der Waals surface area (Å²) in [4.78, 5) is 25.3. The van der Waals surface area contributed by atoms with Crippen LogP contribution < -0.4 is 22.1 Å². The van der Waals surface area contributed by atoms with E-state index >= 15 is 0 Å². The number of rotatable bonds is 4. The minimum absolute atomic E-state index is 0.239. The van der Waals surface area contributed by atoms with Crippen molar-refractivity contribution in [3.8, 4) is 0 Å². The summed E-state index contributed by atoms with van der Waals surface area (Å²) in [6.07, 6.45) is 0. The molecule has 6 heteroatoms. The number of carbonyl (C=O) groups excluding carboxylic acids is 2. The molecule has 0 heterocycles. The summed E-state index contributed by atoms with van der Waals surface area (Å²) in [6, 6.07) is 20.4. The molecule has 0 unspecified atom stereocenters. The highest BCUT2D eigenvalue weighted by Gasteiger charge is 2.18. The summed E-state index contributed by atoms with van der Waals surface area (Å²) in [7, 11) is 0. The quantitative estimate of drug-likeness (QED) is 0.543. The van der Waals surface area contributed by atoms with Crippen molar-refractivity contribution in [2.24, 2.45) is 0 Å². The van der Waals surface area contributed by atoms with Crippen LogP contribution in [0.1, 0.15) is 20.7 Å². The normalized spacial score (nSPS) is 10.2. The lowest BCUT2D eigenvalue weighted by atomic mass is 10.1. The molecule has 2 amide bonds. The van der Waals surface area contributed by atoms with Crippen LogP contribution in [0.4, 0.5) is 22.7 Å². The lowest BCUT2D eigenvalue weighted by molar-refractivity contribution is 0.0990. The minimum atomic E-state index is -0.422. The maximum absolute atomic E-state index is 12.6. The van der Waals surface area contributed by atoms with Crippen molar-refractivity contribution in [2.75, 3.05) is 22.1 Å². The number of nitrogens with two attached hydrogens (primary N) is 2. The van der Waals surface area contributed by atoms with Crippen molar-refractivity contribution >= 4 is 34.6 Å². The Morgan fingerprint density at radius 1 is 0.577 bits per heavy atom. The van der Waals surface area contributed by atoms with Gasteiger partial charge in [0.15, 0.2) is 0 Å². The Balaban J connectivity index is 1.86. The molecular weight excluding hydrogens is 328 g/mol. The molecule has 0 saturated carbocycles. The van der Waals surface area contributed by atoms with Gasteiger partial charge in [0.25, 0.3) is 11.8 Å². The van der Waals surface area contributed by atoms with E-state index in [1.807, 2.05) is 0 Å². The first-order valence-electron chi connectivity index (χ1n) is 7.97. The molecule has 0 atom stereocenters. The smallest absolute Gasteiger partial charge is 0.256 e. The molecule has 0 aliphatic heterocycles. The third kappa shape index (κ3) is 3.64. The Kier molecular flexibility index (Phi) is 4.85. The zero-order chi connectivity index (χ0) is 18.5. The highest BCUT2D eigenvalue weighted by molar-refractivity contribution is 6.16. The molecule has 6 N–H and O–H groups in total. The van der Waals surface area contributed by atoms with Crippen molar-refractivity contribution in [3.05, 3.63) is 83.9 Å². The summed E-state index contributed by atoms with van der Waals surface area (Å²) in [5.41, 5.74) is 14.0. The van der Waals surface area contributed by atoms with Gasteiger partial charge in [-0.1, -0.05) is 36.4 Å². The molecule has 0 aliphatic rings. The Morgan fingerprint density at radius 3 is 1.31 bits per heavy atom. The highest BCUT2D eigenvalue weighted by atomic mass is 16.2. The van der Waals surface area contributed by atoms with Gasteiger partial charge in [0.05, 0.1) is 33.9 Å². The second kappa shape index (κ2) is 7.40. The molecule has 0 radical (unpaired) electrons. The zero-order valence-corrected chi connectivity index (χ0v) is 13.9. The third-order valence-corrected chi connectivity index (χ3v) is 3.83. The molecule has 3 aromatic carbocycles. The van der Waals surface area contributed by atoms with Crippen LogP contribution in [0.2, 0.25) is 0 Å². The lowest BCUT2D eigenvalue weighted by Crippen LogP contribution is -2.21. The number of hydrogen-bond donors (Lipinski definition) is 4. The van der Waals surface area contributed by atoms with E-state index in [0.29, 0.717) is 22.7 Å². The van der Waals surface area contributed by atoms with E-state index in [4.69, 9.17) is 11.5 Å². The number of anilines is 4. The van der Waals surface area contributed by atoms with Gasteiger partial charge in [0.1, 0.15) is 0 Å². The summed E-state index contributed by atoms with van der Waals surface area (Å²) in [6.45, 7) is 0. The van der Waals surface area contributed by atoms with Crippen molar-refractivity contribution in [1.82, 2.24) is 0 Å². The van der Waals surface area contributed by atoms with Gasteiger partial charge in [0.2, 0.25) is 0 Å². The van der Waals surface area contributed by atoms with Gasteiger partial charge in [-0.3, -0.25) is 9.59 Å². The molecule has 26 heavy (non-hydrogen) atoms. The van der Waals surface area contributed by atoms with Gasteiger partial charge in [-0.05, 0) is 36.4 Å². The third-order valence-electron chi connectivity index (χ3n) is 3.83. The van der Waals surface area contributed by atoms with Crippen LogP contribution >= 0.6 is 0 Å². The number of hydrogen-bond acceptors (Lipinski definition) is 4. The van der Waals surface area contributed by atoms with Crippen LogP contribution in [0.15, 0.2) is 72.8 Å². The van der Waals surface area contributed by atoms with Gasteiger partial charge < -0.3 is 22.1 Å². The van der Waals surface area contributed by atoms with Crippen LogP contribution in [0.5, 0.6) is 0 Å². The Morgan fingerprint density at radius 2 is 0.923 bits per heavy atom. The largest absolute Gasteiger partial charge is 0.397 e. The fourth-order valence-electron chi connectivity index (χ4n) is 2.48. The van der Waals surface area contributed by atoms with Gasteiger partial charge in [-0.25, -0.2) is 0 Å². The van der Waals surface area contributed by atoms with Crippen LogP contribution in [0.25, 0.3) is 0 Å². The first-order valence-corrected chi connectivity index (χ1v) is 7.97. The minimum Gasteiger partial charge on any atom is -0.397 e. The Labute approximate surface area is 150 Å². The van der Waals surface area contributed by atoms with E-state index in [0.717, 1.165) is 0 Å². The monoisotopic (exact) mass is 346 g/mol. The predicted molar refractivity (Wildman–Crippen MR) is 104 cm³/mol. The second-order valence-electron chi connectivity index (χ2n) is 5.63. The van der Waals surface area contributed by atoms with Gasteiger partial charge in [0, 0.05) is 0 Å². The number of nitrogens with one attached hydrogen (secondary N) is 2. The van der Waals surface area contributed by atoms with E-state index in [2.05, 4.69) is 10.6 Å². The summed E-state index contributed by atoms with van der Waals surface area (Å²) in [5, 5.41) is 5.46. The molecule has 0 aliphatic carbocycles. The van der Waals surface area contributed by atoms with E-state index < -0.39 is 11.8 Å². The molecule has 3 rings (SSSR count). The standard InChI is InChI=1S/C20H18N4O2/c21-15-9-3-5-11-17(15)23-19(25)13-7-1-2-8-14(13)20(26)24-18-12-6-4-10-16(18)22/h1-12H,21-22H2,(H,23,25)(H,24,26). The molecule has 0 aromatic heterocycles. The fourth-order valence-corrected chi connectivity index (χ4v) is 2.48. The Hall–Kier alpha value is -3.80. The fraction of sp³-hybridized carbons (Fsp3) is 0. The van der Waals surface area contributed by atoms with E-state index in [1.54, 1.807) is 72.8 Å². The maximum Gasteiger partial charge on any atom is 0.256 e. The first-order chi connectivity index (χ1) is 12.6. The van der Waals surface area contributed by atoms with Crippen LogP contribution in [-0.2, 0) is 0 Å². The van der Waals surface area contributed by atoms with Crippen molar-refractivity contribution in [2.45, 2.75) is 0 Å². The summed E-state index contributed by atoms with van der Waals surface area (Å²) in [5.74, 6) is -0.843. The van der Waals surface area contributed by atoms with Gasteiger partial charge >= 0.3 is 0 Å². The van der Waals surface area contributed by atoms with Crippen LogP contribution in [-0.4, -0.2) is 11.8 Å². The van der Waals surface area contributed by atoms with Crippen molar-refractivity contribution in [3.63, 3.8) is 0 Å². The first kappa shape index (κ1) is 17.0. The van der Waals surface area contributed by atoms with E-state index in [-0.39, 0.29) is 11.1 Å². The lowest BCUT2D eigenvalue weighted by Gasteiger charge is -2.12. The molecule has 0 fully saturated rings. The van der Waals surface area contributed by atoms with E-state index in [1.165, 1.54) is 0 Å². The molecule has 0 saturated heterocycles. The van der Waals surface area contributed by atoms with Crippen LogP contribution in [0.3, 0.4) is 0 Å². The van der Waals surface area contributed by atoms with Crippen molar-refractivity contribution in [1.29, 1.82) is 0 Å². The number of nitrogen functional groups attached to an aromatic ring is 2. The maximum atomic E-state index is 12.6. The highest BCUT2D eigenvalue weighted by Crippen LogP contribution is 2.21. The van der Waals surface area contributed by atoms with E-state index in [9.17, 15) is 9.59 Å². The number of amides is 2. The second-order valence-corrected chi connectivity index (χ2v) is 5.63. The zero-order valence-electron chi connectivity index (χ0n) is 13.9. The summed E-state index contributed by atoms with van der Waals surface area (Å²) >= 11 is 0. The number of benzene rings is 3. The molecule has 0 spiro atoms. The number of carbonyl (C=O) groups is 2. The molecular formula is C20H18N4O2.